The van der Waals surface area contributed by atoms with E-state index in [9.17, 15) is 9.59 Å². The molecule has 25 heavy (non-hydrogen) atoms. The molecular formula is C17H24N4O4. The first-order valence-corrected chi connectivity index (χ1v) is 8.34. The summed E-state index contributed by atoms with van der Waals surface area (Å²) >= 11 is 0. The highest BCUT2D eigenvalue weighted by Crippen LogP contribution is 2.32. The number of fused-ring (bicyclic) bond motifs is 1. The van der Waals surface area contributed by atoms with Crippen molar-refractivity contribution in [1.29, 1.82) is 0 Å². The highest BCUT2D eigenvalue weighted by atomic mass is 16.7. The molecular weight excluding hydrogens is 324 g/mol. The van der Waals surface area contributed by atoms with E-state index in [0.717, 1.165) is 11.3 Å². The molecule has 2 heterocycles. The van der Waals surface area contributed by atoms with Crippen LogP contribution in [-0.2, 0) is 11.3 Å². The standard InChI is InChI=1S/C17H24N4O4/c1-17(2,15(18)22)21-7-5-20(6-8-21)16(23)19-10-12-3-4-13-14(9-12)25-11-24-13/h3-4,9H,5-8,10-11H2,1-2H3,(H2,18,22)(H,19,23). The summed E-state index contributed by atoms with van der Waals surface area (Å²) in [5.41, 5.74) is 5.70. The SMILES string of the molecule is CC(C)(C(N)=O)N1CCN(C(=O)NCc2ccc3c(c2)OCO3)CC1. The van der Waals surface area contributed by atoms with Gasteiger partial charge in [-0.05, 0) is 31.5 Å². The van der Waals surface area contributed by atoms with Gasteiger partial charge in [0.15, 0.2) is 11.5 Å². The largest absolute Gasteiger partial charge is 0.454 e. The Kier molecular flexibility index (Phi) is 4.71. The van der Waals surface area contributed by atoms with E-state index in [-0.39, 0.29) is 18.7 Å². The molecule has 0 saturated carbocycles. The molecule has 1 saturated heterocycles. The summed E-state index contributed by atoms with van der Waals surface area (Å²) < 4.78 is 10.6. The fourth-order valence-electron chi connectivity index (χ4n) is 2.96. The topological polar surface area (TPSA) is 97.1 Å². The second-order valence-corrected chi connectivity index (χ2v) is 6.74. The molecule has 1 aromatic rings. The summed E-state index contributed by atoms with van der Waals surface area (Å²) in [5.74, 6) is 1.07. The van der Waals surface area contributed by atoms with Crippen molar-refractivity contribution in [2.45, 2.75) is 25.9 Å². The van der Waals surface area contributed by atoms with Gasteiger partial charge >= 0.3 is 6.03 Å². The maximum atomic E-state index is 12.3. The van der Waals surface area contributed by atoms with Crippen LogP contribution in [0.5, 0.6) is 11.5 Å². The highest BCUT2D eigenvalue weighted by Gasteiger charge is 2.35. The first-order chi connectivity index (χ1) is 11.9. The number of rotatable bonds is 4. The second-order valence-electron chi connectivity index (χ2n) is 6.74. The molecule has 2 aliphatic heterocycles. The van der Waals surface area contributed by atoms with E-state index >= 15 is 0 Å². The number of hydrogen-bond acceptors (Lipinski definition) is 5. The van der Waals surface area contributed by atoms with Crippen molar-refractivity contribution < 1.29 is 19.1 Å². The monoisotopic (exact) mass is 348 g/mol. The van der Waals surface area contributed by atoms with Gasteiger partial charge in [0.25, 0.3) is 0 Å². The lowest BCUT2D eigenvalue weighted by Crippen LogP contribution is -2.61. The summed E-state index contributed by atoms with van der Waals surface area (Å²) in [7, 11) is 0. The molecule has 0 aromatic heterocycles. The van der Waals surface area contributed by atoms with Crippen molar-refractivity contribution in [3.63, 3.8) is 0 Å². The number of piperazine rings is 1. The molecule has 8 heteroatoms. The lowest BCUT2D eigenvalue weighted by molar-refractivity contribution is -0.129. The Bertz CT molecular complexity index is 669. The third-order valence-corrected chi connectivity index (χ3v) is 4.84. The number of nitrogens with zero attached hydrogens (tertiary/aromatic N) is 2. The summed E-state index contributed by atoms with van der Waals surface area (Å²) in [6, 6.07) is 5.50. The van der Waals surface area contributed by atoms with Crippen LogP contribution < -0.4 is 20.5 Å². The molecule has 0 atom stereocenters. The van der Waals surface area contributed by atoms with Gasteiger partial charge in [0.05, 0.1) is 5.54 Å². The van der Waals surface area contributed by atoms with E-state index in [1.54, 1.807) is 4.90 Å². The number of carbonyl (C=O) groups excluding carboxylic acids is 2. The number of carbonyl (C=O) groups is 2. The number of hydrogen-bond donors (Lipinski definition) is 2. The molecule has 0 radical (unpaired) electrons. The van der Waals surface area contributed by atoms with E-state index in [4.69, 9.17) is 15.2 Å². The molecule has 0 bridgehead atoms. The van der Waals surface area contributed by atoms with Crippen molar-refractivity contribution in [3.8, 4) is 11.5 Å². The third kappa shape index (κ3) is 3.63. The van der Waals surface area contributed by atoms with Crippen molar-refractivity contribution in [3.05, 3.63) is 23.8 Å². The quantitative estimate of drug-likeness (QED) is 0.826. The number of amides is 3. The average molecular weight is 348 g/mol. The van der Waals surface area contributed by atoms with Gasteiger partial charge in [0.2, 0.25) is 12.7 Å². The Morgan fingerprint density at radius 2 is 1.84 bits per heavy atom. The molecule has 1 aromatic carbocycles. The zero-order valence-electron chi connectivity index (χ0n) is 14.6. The fraction of sp³-hybridized carbons (Fsp3) is 0.529. The van der Waals surface area contributed by atoms with Crippen LogP contribution in [0.3, 0.4) is 0 Å². The molecule has 8 nitrogen and oxygen atoms in total. The average Bonchev–Trinajstić information content (AvgIpc) is 3.07. The van der Waals surface area contributed by atoms with Gasteiger partial charge in [0.1, 0.15) is 0 Å². The second kappa shape index (κ2) is 6.79. The maximum Gasteiger partial charge on any atom is 0.317 e. The summed E-state index contributed by atoms with van der Waals surface area (Å²) in [6.07, 6.45) is 0. The number of benzene rings is 1. The van der Waals surface area contributed by atoms with E-state index in [0.29, 0.717) is 38.5 Å². The van der Waals surface area contributed by atoms with Crippen LogP contribution in [0.15, 0.2) is 18.2 Å². The summed E-state index contributed by atoms with van der Waals surface area (Å²) in [5, 5.41) is 2.92. The Balaban J connectivity index is 1.49. The van der Waals surface area contributed by atoms with Gasteiger partial charge in [-0.3, -0.25) is 9.69 Å². The zero-order valence-corrected chi connectivity index (χ0v) is 14.6. The smallest absolute Gasteiger partial charge is 0.317 e. The Hall–Kier alpha value is -2.48. The molecule has 3 amide bonds. The number of ether oxygens (including phenoxy) is 2. The fourth-order valence-corrected chi connectivity index (χ4v) is 2.96. The van der Waals surface area contributed by atoms with Crippen molar-refractivity contribution in [1.82, 2.24) is 15.1 Å². The van der Waals surface area contributed by atoms with E-state index in [2.05, 4.69) is 5.32 Å². The maximum absolute atomic E-state index is 12.3. The molecule has 1 fully saturated rings. The van der Waals surface area contributed by atoms with Crippen LogP contribution in [-0.4, -0.2) is 60.2 Å². The number of primary amides is 1. The molecule has 2 aliphatic rings. The van der Waals surface area contributed by atoms with E-state index in [1.165, 1.54) is 0 Å². The molecule has 0 unspecified atom stereocenters. The van der Waals surface area contributed by atoms with Crippen molar-refractivity contribution >= 4 is 11.9 Å². The Morgan fingerprint density at radius 1 is 1.16 bits per heavy atom. The minimum Gasteiger partial charge on any atom is -0.454 e. The Morgan fingerprint density at radius 3 is 2.52 bits per heavy atom. The van der Waals surface area contributed by atoms with Crippen LogP contribution >= 0.6 is 0 Å². The lowest BCUT2D eigenvalue weighted by atomic mass is 10.0. The molecule has 3 rings (SSSR count). The number of urea groups is 1. The summed E-state index contributed by atoms with van der Waals surface area (Å²) in [6.45, 7) is 6.63. The minimum absolute atomic E-state index is 0.116. The van der Waals surface area contributed by atoms with E-state index in [1.807, 2.05) is 36.9 Å². The predicted molar refractivity (Wildman–Crippen MR) is 91.2 cm³/mol. The normalized spacial score (nSPS) is 17.4. The minimum atomic E-state index is -0.699. The number of nitrogens with one attached hydrogen (secondary N) is 1. The van der Waals surface area contributed by atoms with Gasteiger partial charge in [0, 0.05) is 32.7 Å². The molecule has 136 valence electrons. The lowest BCUT2D eigenvalue weighted by Gasteiger charge is -2.42. The molecule has 3 N–H and O–H groups in total. The van der Waals surface area contributed by atoms with Gasteiger partial charge in [-0.1, -0.05) is 6.07 Å². The third-order valence-electron chi connectivity index (χ3n) is 4.84. The van der Waals surface area contributed by atoms with Crippen LogP contribution in [0, 0.1) is 0 Å². The van der Waals surface area contributed by atoms with Crippen LogP contribution in [0.1, 0.15) is 19.4 Å². The Labute approximate surface area is 146 Å². The van der Waals surface area contributed by atoms with Crippen LogP contribution in [0.2, 0.25) is 0 Å². The first-order valence-electron chi connectivity index (χ1n) is 8.34. The highest BCUT2D eigenvalue weighted by molar-refractivity contribution is 5.83. The van der Waals surface area contributed by atoms with E-state index < -0.39 is 5.54 Å². The van der Waals surface area contributed by atoms with Crippen molar-refractivity contribution in [2.24, 2.45) is 5.73 Å². The van der Waals surface area contributed by atoms with Crippen molar-refractivity contribution in [2.75, 3.05) is 33.0 Å². The predicted octanol–water partition coefficient (Wildman–Crippen LogP) is 0.506. The van der Waals surface area contributed by atoms with Crippen LogP contribution in [0.25, 0.3) is 0 Å². The summed E-state index contributed by atoms with van der Waals surface area (Å²) in [4.78, 5) is 27.6. The zero-order chi connectivity index (χ0) is 18.0. The molecule has 0 aliphatic carbocycles. The van der Waals surface area contributed by atoms with Gasteiger partial charge < -0.3 is 25.4 Å². The van der Waals surface area contributed by atoms with Gasteiger partial charge in [-0.2, -0.15) is 0 Å². The number of nitrogens with two attached hydrogens (primary N) is 1. The molecule has 0 spiro atoms. The van der Waals surface area contributed by atoms with Gasteiger partial charge in [-0.15, -0.1) is 0 Å². The van der Waals surface area contributed by atoms with Crippen LogP contribution in [0.4, 0.5) is 4.79 Å². The van der Waals surface area contributed by atoms with Gasteiger partial charge in [-0.25, -0.2) is 4.79 Å². The first kappa shape index (κ1) is 17.3.